The number of hydrogen-bond acceptors (Lipinski definition) is 4. The van der Waals surface area contributed by atoms with E-state index >= 15 is 0 Å². The molecule has 2 amide bonds. The number of alkyl carbamates (subject to hydrolysis) is 1. The van der Waals surface area contributed by atoms with Gasteiger partial charge in [0.05, 0.1) is 5.41 Å². The van der Waals surface area contributed by atoms with Crippen LogP contribution in [0, 0.1) is 5.41 Å². The van der Waals surface area contributed by atoms with Crippen molar-refractivity contribution >= 4 is 18.0 Å². The summed E-state index contributed by atoms with van der Waals surface area (Å²) in [5.74, 6) is -1.25. The summed E-state index contributed by atoms with van der Waals surface area (Å²) in [4.78, 5) is 37.6. The Labute approximate surface area is 198 Å². The van der Waals surface area contributed by atoms with Gasteiger partial charge in [0, 0.05) is 12.5 Å². The Morgan fingerprint density at radius 3 is 2.03 bits per heavy atom. The molecule has 2 saturated carbocycles. The molecule has 5 rings (SSSR count). The van der Waals surface area contributed by atoms with Gasteiger partial charge in [0.15, 0.2) is 0 Å². The van der Waals surface area contributed by atoms with Crippen LogP contribution in [0.5, 0.6) is 0 Å². The van der Waals surface area contributed by atoms with Gasteiger partial charge < -0.3 is 20.5 Å². The van der Waals surface area contributed by atoms with E-state index in [1.165, 1.54) is 0 Å². The number of carbonyl (C=O) groups excluding carboxylic acids is 2. The third kappa shape index (κ3) is 4.04. The van der Waals surface area contributed by atoms with Gasteiger partial charge in [0.25, 0.3) is 0 Å². The molecule has 3 aliphatic rings. The van der Waals surface area contributed by atoms with E-state index in [1.807, 2.05) is 24.3 Å². The van der Waals surface area contributed by atoms with E-state index in [1.54, 1.807) is 0 Å². The van der Waals surface area contributed by atoms with Crippen LogP contribution in [-0.4, -0.2) is 41.8 Å². The summed E-state index contributed by atoms with van der Waals surface area (Å²) < 4.78 is 5.69. The summed E-state index contributed by atoms with van der Waals surface area (Å²) in [6.07, 6.45) is 4.19. The molecule has 34 heavy (non-hydrogen) atoms. The number of aliphatic carboxylic acids is 1. The van der Waals surface area contributed by atoms with Crippen LogP contribution in [0.1, 0.15) is 62.0 Å². The smallest absolute Gasteiger partial charge is 0.408 e. The van der Waals surface area contributed by atoms with Crippen LogP contribution in [0.3, 0.4) is 0 Å². The number of rotatable bonds is 7. The molecule has 0 atom stereocenters. The third-order valence-electron chi connectivity index (χ3n) is 7.72. The van der Waals surface area contributed by atoms with Gasteiger partial charge in [-0.3, -0.25) is 9.59 Å². The highest BCUT2D eigenvalue weighted by atomic mass is 16.5. The molecule has 0 bridgehead atoms. The maximum Gasteiger partial charge on any atom is 0.408 e. The molecule has 2 aromatic rings. The van der Waals surface area contributed by atoms with Gasteiger partial charge in [-0.25, -0.2) is 4.79 Å². The van der Waals surface area contributed by atoms with Crippen LogP contribution in [0.4, 0.5) is 4.79 Å². The molecule has 178 valence electrons. The predicted octanol–water partition coefficient (Wildman–Crippen LogP) is 4.21. The fraction of sp³-hybridized carbons (Fsp3) is 0.444. The highest BCUT2D eigenvalue weighted by molar-refractivity contribution is 5.91. The quantitative estimate of drug-likeness (QED) is 0.572. The van der Waals surface area contributed by atoms with Crippen molar-refractivity contribution in [2.75, 3.05) is 13.2 Å². The molecule has 0 unspecified atom stereocenters. The maximum atomic E-state index is 13.2. The summed E-state index contributed by atoms with van der Waals surface area (Å²) in [7, 11) is 0. The van der Waals surface area contributed by atoms with E-state index in [0.717, 1.165) is 41.5 Å². The molecule has 7 nitrogen and oxygen atoms in total. The maximum absolute atomic E-state index is 13.2. The Balaban J connectivity index is 1.26. The molecule has 0 aromatic heterocycles. The lowest BCUT2D eigenvalue weighted by Crippen LogP contribution is -2.60. The number of carboxylic acid groups (broad SMARTS) is 1. The molecule has 0 saturated heterocycles. The number of benzene rings is 2. The average Bonchev–Trinajstić information content (AvgIpc) is 3.59. The molecule has 2 aromatic carbocycles. The van der Waals surface area contributed by atoms with E-state index in [2.05, 4.69) is 34.9 Å². The molecule has 0 spiro atoms. The number of carbonyl (C=O) groups is 3. The minimum Gasteiger partial charge on any atom is -0.481 e. The molecule has 2 fully saturated rings. The topological polar surface area (TPSA) is 105 Å². The second kappa shape index (κ2) is 8.78. The third-order valence-corrected chi connectivity index (χ3v) is 7.72. The molecule has 0 aliphatic heterocycles. The Bertz CT molecular complexity index is 1070. The van der Waals surface area contributed by atoms with Crippen molar-refractivity contribution in [3.8, 4) is 11.1 Å². The second-order valence-electron chi connectivity index (χ2n) is 9.86. The molecule has 3 N–H and O–H groups in total. The van der Waals surface area contributed by atoms with Gasteiger partial charge in [-0.2, -0.15) is 0 Å². The molecule has 0 radical (unpaired) electrons. The van der Waals surface area contributed by atoms with Gasteiger partial charge in [0.2, 0.25) is 5.91 Å². The van der Waals surface area contributed by atoms with Crippen molar-refractivity contribution in [3.63, 3.8) is 0 Å². The number of amides is 2. The number of nitrogens with one attached hydrogen (secondary N) is 2. The lowest BCUT2D eigenvalue weighted by molar-refractivity contribution is -0.143. The Hall–Kier alpha value is -3.35. The first-order chi connectivity index (χ1) is 16.4. The molecule has 7 heteroatoms. The van der Waals surface area contributed by atoms with Crippen LogP contribution in [0.15, 0.2) is 48.5 Å². The van der Waals surface area contributed by atoms with Gasteiger partial charge in [-0.1, -0.05) is 67.8 Å². The molecule has 3 aliphatic carbocycles. The van der Waals surface area contributed by atoms with E-state index in [9.17, 15) is 19.5 Å². The van der Waals surface area contributed by atoms with E-state index < -0.39 is 23.0 Å². The minimum absolute atomic E-state index is 0.0560. The first-order valence-corrected chi connectivity index (χ1v) is 12.1. The van der Waals surface area contributed by atoms with E-state index in [0.29, 0.717) is 25.7 Å². The molecule has 0 heterocycles. The molecular weight excluding hydrogens is 432 g/mol. The van der Waals surface area contributed by atoms with Gasteiger partial charge in [-0.05, 0) is 47.9 Å². The normalized spacial score (nSPS) is 19.4. The zero-order valence-corrected chi connectivity index (χ0v) is 19.1. The van der Waals surface area contributed by atoms with E-state index in [-0.39, 0.29) is 25.0 Å². The zero-order valence-electron chi connectivity index (χ0n) is 19.1. The van der Waals surface area contributed by atoms with Gasteiger partial charge in [0.1, 0.15) is 12.1 Å². The number of hydrogen-bond donors (Lipinski definition) is 3. The second-order valence-corrected chi connectivity index (χ2v) is 9.86. The van der Waals surface area contributed by atoms with Crippen LogP contribution >= 0.6 is 0 Å². The fourth-order valence-electron chi connectivity index (χ4n) is 5.43. The lowest BCUT2D eigenvalue weighted by atomic mass is 9.81. The standard InChI is InChI=1S/C27H30N2O5/c30-23(28-17-26(14-15-26)24(31)32)27(12-6-1-7-13-27)29-25(33)34-16-22-20-10-4-2-8-18(20)19-9-3-5-11-21(19)22/h2-5,8-11,22H,1,6-7,12-17H2,(H,28,30)(H,29,33)(H,31,32). The monoisotopic (exact) mass is 462 g/mol. The summed E-state index contributed by atoms with van der Waals surface area (Å²) in [5.41, 5.74) is 2.66. The summed E-state index contributed by atoms with van der Waals surface area (Å²) in [6.45, 7) is 0.273. The largest absolute Gasteiger partial charge is 0.481 e. The first kappa shape index (κ1) is 22.4. The highest BCUT2D eigenvalue weighted by Gasteiger charge is 2.51. The zero-order chi connectivity index (χ0) is 23.8. The number of carboxylic acids is 1. The summed E-state index contributed by atoms with van der Waals surface area (Å²) in [5, 5.41) is 15.1. The van der Waals surface area contributed by atoms with Crippen LogP contribution < -0.4 is 10.6 Å². The summed E-state index contributed by atoms with van der Waals surface area (Å²) >= 11 is 0. The minimum atomic E-state index is -1.06. The van der Waals surface area contributed by atoms with Crippen molar-refractivity contribution in [2.45, 2.75) is 56.4 Å². The van der Waals surface area contributed by atoms with Crippen LogP contribution in [-0.2, 0) is 14.3 Å². The van der Waals surface area contributed by atoms with E-state index in [4.69, 9.17) is 4.74 Å². The first-order valence-electron chi connectivity index (χ1n) is 12.1. The van der Waals surface area contributed by atoms with Gasteiger partial charge >= 0.3 is 12.1 Å². The SMILES string of the molecule is O=C(NC1(C(=O)NCC2(C(=O)O)CC2)CCCCC1)OCC1c2ccccc2-c2ccccc21. The van der Waals surface area contributed by atoms with Crippen molar-refractivity contribution in [2.24, 2.45) is 5.41 Å². The van der Waals surface area contributed by atoms with Crippen molar-refractivity contribution < 1.29 is 24.2 Å². The van der Waals surface area contributed by atoms with Gasteiger partial charge in [-0.15, -0.1) is 0 Å². The Morgan fingerprint density at radius 2 is 1.47 bits per heavy atom. The van der Waals surface area contributed by atoms with Crippen molar-refractivity contribution in [3.05, 3.63) is 59.7 Å². The van der Waals surface area contributed by atoms with Crippen LogP contribution in [0.2, 0.25) is 0 Å². The average molecular weight is 463 g/mol. The number of ether oxygens (including phenoxy) is 1. The van der Waals surface area contributed by atoms with Crippen molar-refractivity contribution in [1.29, 1.82) is 0 Å². The summed E-state index contributed by atoms with van der Waals surface area (Å²) in [6, 6.07) is 16.3. The Morgan fingerprint density at radius 1 is 0.882 bits per heavy atom. The fourth-order valence-corrected chi connectivity index (χ4v) is 5.43. The Kier molecular flexibility index (Phi) is 5.80. The van der Waals surface area contributed by atoms with Crippen molar-refractivity contribution in [1.82, 2.24) is 10.6 Å². The van der Waals surface area contributed by atoms with Crippen LogP contribution in [0.25, 0.3) is 11.1 Å². The number of fused-ring (bicyclic) bond motifs is 3. The predicted molar refractivity (Wildman–Crippen MR) is 126 cm³/mol. The lowest BCUT2D eigenvalue weighted by Gasteiger charge is -2.36. The highest BCUT2D eigenvalue weighted by Crippen LogP contribution is 2.46. The molecular formula is C27H30N2O5.